The lowest BCUT2D eigenvalue weighted by Crippen LogP contribution is -2.50. The first-order chi connectivity index (χ1) is 6.39. The fourth-order valence-corrected chi connectivity index (χ4v) is 1.75. The van der Waals surface area contributed by atoms with Gasteiger partial charge in [-0.2, -0.15) is 13.2 Å². The second-order valence-electron chi connectivity index (χ2n) is 3.94. The lowest BCUT2D eigenvalue weighted by atomic mass is 9.92. The Morgan fingerprint density at radius 1 is 1.50 bits per heavy atom. The van der Waals surface area contributed by atoms with Gasteiger partial charge in [-0.15, -0.1) is 0 Å². The van der Waals surface area contributed by atoms with E-state index in [4.69, 9.17) is 10.5 Å². The number of hydrogen-bond donors (Lipinski definition) is 1. The minimum absolute atomic E-state index is 0.0531. The Balaban J connectivity index is 2.62. The molecule has 0 aromatic heterocycles. The van der Waals surface area contributed by atoms with Crippen LogP contribution in [0.25, 0.3) is 0 Å². The van der Waals surface area contributed by atoms with Crippen molar-refractivity contribution in [2.24, 2.45) is 5.73 Å². The summed E-state index contributed by atoms with van der Waals surface area (Å²) in [6.07, 6.45) is -2.81. The van der Waals surface area contributed by atoms with E-state index in [0.717, 1.165) is 6.92 Å². The standard InChI is InChI=1S/C9H16F3NO/c1-8(9(10,11)12)5-2-3-7(14-8)4-6-13/h7H,2-6,13H2,1H3. The van der Waals surface area contributed by atoms with Crippen LogP contribution in [0.3, 0.4) is 0 Å². The van der Waals surface area contributed by atoms with Crippen molar-refractivity contribution in [3.8, 4) is 0 Å². The van der Waals surface area contributed by atoms with E-state index in [-0.39, 0.29) is 12.5 Å². The zero-order chi connectivity index (χ0) is 10.8. The molecule has 84 valence electrons. The largest absolute Gasteiger partial charge is 0.417 e. The van der Waals surface area contributed by atoms with Gasteiger partial charge < -0.3 is 10.5 Å². The third kappa shape index (κ3) is 2.39. The highest BCUT2D eigenvalue weighted by atomic mass is 19.4. The molecule has 2 N–H and O–H groups in total. The molecular formula is C9H16F3NO. The summed E-state index contributed by atoms with van der Waals surface area (Å²) in [6.45, 7) is 1.49. The minimum atomic E-state index is -4.28. The first-order valence-corrected chi connectivity index (χ1v) is 4.84. The monoisotopic (exact) mass is 211 g/mol. The third-order valence-electron chi connectivity index (χ3n) is 2.70. The Labute approximate surface area is 81.6 Å². The molecule has 2 unspecified atom stereocenters. The molecule has 0 saturated carbocycles. The zero-order valence-electron chi connectivity index (χ0n) is 8.23. The SMILES string of the molecule is CC1(C(F)(F)F)CCCC(CCN)O1. The van der Waals surface area contributed by atoms with Crippen LogP contribution < -0.4 is 5.73 Å². The molecule has 5 heteroatoms. The molecule has 1 saturated heterocycles. The van der Waals surface area contributed by atoms with E-state index in [2.05, 4.69) is 0 Å². The summed E-state index contributed by atoms with van der Waals surface area (Å²) in [5.41, 5.74) is 3.33. The van der Waals surface area contributed by atoms with Crippen LogP contribution in [0.15, 0.2) is 0 Å². The molecule has 0 radical (unpaired) electrons. The van der Waals surface area contributed by atoms with Gasteiger partial charge in [0, 0.05) is 0 Å². The van der Waals surface area contributed by atoms with Crippen LogP contribution in [0.5, 0.6) is 0 Å². The Bertz CT molecular complexity index is 193. The highest BCUT2D eigenvalue weighted by Crippen LogP contribution is 2.41. The maximum Gasteiger partial charge on any atom is 0.417 e. The average Bonchev–Trinajstić information content (AvgIpc) is 2.03. The quantitative estimate of drug-likeness (QED) is 0.760. The number of nitrogens with two attached hydrogens (primary N) is 1. The van der Waals surface area contributed by atoms with E-state index in [0.29, 0.717) is 25.8 Å². The molecule has 14 heavy (non-hydrogen) atoms. The smallest absolute Gasteiger partial charge is 0.363 e. The van der Waals surface area contributed by atoms with Crippen LogP contribution in [0.2, 0.25) is 0 Å². The third-order valence-corrected chi connectivity index (χ3v) is 2.70. The van der Waals surface area contributed by atoms with E-state index in [1.165, 1.54) is 0 Å². The van der Waals surface area contributed by atoms with Gasteiger partial charge in [-0.05, 0) is 39.2 Å². The number of rotatable bonds is 2. The average molecular weight is 211 g/mol. The molecule has 1 aliphatic rings. The van der Waals surface area contributed by atoms with Gasteiger partial charge in [0.2, 0.25) is 0 Å². The molecule has 0 aromatic carbocycles. The van der Waals surface area contributed by atoms with Crippen molar-refractivity contribution in [1.82, 2.24) is 0 Å². The molecule has 0 amide bonds. The summed E-state index contributed by atoms with van der Waals surface area (Å²) >= 11 is 0. The van der Waals surface area contributed by atoms with Crippen molar-refractivity contribution in [2.45, 2.75) is 50.5 Å². The first-order valence-electron chi connectivity index (χ1n) is 4.84. The van der Waals surface area contributed by atoms with Crippen LogP contribution in [0, 0.1) is 0 Å². The topological polar surface area (TPSA) is 35.2 Å². The number of hydrogen-bond acceptors (Lipinski definition) is 2. The van der Waals surface area contributed by atoms with Crippen LogP contribution >= 0.6 is 0 Å². The molecule has 0 aliphatic carbocycles. The molecule has 1 fully saturated rings. The summed E-state index contributed by atoms with van der Waals surface area (Å²) < 4.78 is 42.8. The second kappa shape index (κ2) is 4.06. The Morgan fingerprint density at radius 2 is 2.14 bits per heavy atom. The van der Waals surface area contributed by atoms with Gasteiger partial charge in [0.15, 0.2) is 5.60 Å². The Morgan fingerprint density at radius 3 is 2.64 bits per heavy atom. The fourth-order valence-electron chi connectivity index (χ4n) is 1.75. The predicted molar refractivity (Wildman–Crippen MR) is 46.9 cm³/mol. The van der Waals surface area contributed by atoms with Gasteiger partial charge >= 0.3 is 6.18 Å². The Kier molecular flexibility index (Phi) is 3.42. The summed E-state index contributed by atoms with van der Waals surface area (Å²) in [5, 5.41) is 0. The van der Waals surface area contributed by atoms with Crippen molar-refractivity contribution in [2.75, 3.05) is 6.54 Å². The summed E-state index contributed by atoms with van der Waals surface area (Å²) in [7, 11) is 0. The molecular weight excluding hydrogens is 195 g/mol. The van der Waals surface area contributed by atoms with Crippen molar-refractivity contribution in [3.63, 3.8) is 0 Å². The van der Waals surface area contributed by atoms with Crippen molar-refractivity contribution >= 4 is 0 Å². The van der Waals surface area contributed by atoms with Crippen LogP contribution in [0.1, 0.15) is 32.6 Å². The van der Waals surface area contributed by atoms with E-state index < -0.39 is 11.8 Å². The number of halogens is 3. The highest BCUT2D eigenvalue weighted by Gasteiger charge is 2.54. The summed E-state index contributed by atoms with van der Waals surface area (Å²) in [4.78, 5) is 0. The molecule has 2 atom stereocenters. The van der Waals surface area contributed by atoms with Crippen LogP contribution in [0.4, 0.5) is 13.2 Å². The molecule has 0 aromatic rings. The summed E-state index contributed by atoms with van der Waals surface area (Å²) in [5.74, 6) is 0. The molecule has 1 aliphatic heterocycles. The van der Waals surface area contributed by atoms with Gasteiger partial charge in [0.25, 0.3) is 0 Å². The van der Waals surface area contributed by atoms with Gasteiger partial charge in [-0.25, -0.2) is 0 Å². The van der Waals surface area contributed by atoms with Crippen molar-refractivity contribution < 1.29 is 17.9 Å². The lowest BCUT2D eigenvalue weighted by molar-refractivity contribution is -0.297. The van der Waals surface area contributed by atoms with Gasteiger partial charge in [-0.3, -0.25) is 0 Å². The maximum atomic E-state index is 12.6. The first kappa shape index (κ1) is 11.8. The summed E-state index contributed by atoms with van der Waals surface area (Å²) in [6, 6.07) is 0. The van der Waals surface area contributed by atoms with E-state index >= 15 is 0 Å². The van der Waals surface area contributed by atoms with Gasteiger partial charge in [0.1, 0.15) is 0 Å². The van der Waals surface area contributed by atoms with Crippen molar-refractivity contribution in [3.05, 3.63) is 0 Å². The van der Waals surface area contributed by atoms with E-state index in [1.807, 2.05) is 0 Å². The molecule has 0 spiro atoms. The predicted octanol–water partition coefficient (Wildman–Crippen LogP) is 2.23. The van der Waals surface area contributed by atoms with Gasteiger partial charge in [-0.1, -0.05) is 0 Å². The lowest BCUT2D eigenvalue weighted by Gasteiger charge is -2.39. The second-order valence-corrected chi connectivity index (χ2v) is 3.94. The van der Waals surface area contributed by atoms with E-state index in [9.17, 15) is 13.2 Å². The minimum Gasteiger partial charge on any atom is -0.363 e. The normalized spacial score (nSPS) is 34.5. The maximum absolute atomic E-state index is 12.6. The highest BCUT2D eigenvalue weighted by molar-refractivity contribution is 4.88. The van der Waals surface area contributed by atoms with Crippen molar-refractivity contribution in [1.29, 1.82) is 0 Å². The Hall–Kier alpha value is -0.290. The zero-order valence-corrected chi connectivity index (χ0v) is 8.23. The number of alkyl halides is 3. The van der Waals surface area contributed by atoms with Gasteiger partial charge in [0.05, 0.1) is 6.10 Å². The fraction of sp³-hybridized carbons (Fsp3) is 1.00. The molecule has 1 heterocycles. The van der Waals surface area contributed by atoms with Crippen LogP contribution in [-0.4, -0.2) is 24.4 Å². The molecule has 1 rings (SSSR count). The van der Waals surface area contributed by atoms with Crippen LogP contribution in [-0.2, 0) is 4.74 Å². The van der Waals surface area contributed by atoms with E-state index in [1.54, 1.807) is 0 Å². The number of ether oxygens (including phenoxy) is 1. The molecule has 2 nitrogen and oxygen atoms in total. The molecule has 0 bridgehead atoms.